The Balaban J connectivity index is 3.07. The molecule has 0 aliphatic rings. The van der Waals surface area contributed by atoms with E-state index in [0.29, 0.717) is 19.8 Å². The van der Waals surface area contributed by atoms with Crippen molar-refractivity contribution in [3.05, 3.63) is 17.7 Å². The topological polar surface area (TPSA) is 39.7 Å². The fraction of sp³-hybridized carbons (Fsp3) is 0.667. The molecular formula is C18H31NO3. The van der Waals surface area contributed by atoms with E-state index in [1.165, 1.54) is 0 Å². The van der Waals surface area contributed by atoms with Crippen LogP contribution < -0.4 is 19.5 Å². The summed E-state index contributed by atoms with van der Waals surface area (Å²) in [6, 6.07) is 3.99. The first-order valence-corrected chi connectivity index (χ1v) is 8.46. The highest BCUT2D eigenvalue weighted by molar-refractivity contribution is 5.51. The van der Waals surface area contributed by atoms with Crippen molar-refractivity contribution >= 4 is 0 Å². The summed E-state index contributed by atoms with van der Waals surface area (Å²) in [6.07, 6.45) is 3.83. The van der Waals surface area contributed by atoms with Gasteiger partial charge in [0.25, 0.3) is 0 Å². The van der Waals surface area contributed by atoms with Gasteiger partial charge in [0, 0.05) is 17.7 Å². The van der Waals surface area contributed by atoms with Crippen LogP contribution in [0.4, 0.5) is 0 Å². The van der Waals surface area contributed by atoms with Gasteiger partial charge < -0.3 is 19.5 Å². The third-order valence-corrected chi connectivity index (χ3v) is 3.16. The van der Waals surface area contributed by atoms with E-state index < -0.39 is 0 Å². The summed E-state index contributed by atoms with van der Waals surface area (Å²) in [4.78, 5) is 0. The number of likely N-dealkylation sites (N-methyl/N-ethyl adjacent to an activating group) is 1. The molecule has 1 rings (SSSR count). The van der Waals surface area contributed by atoms with Gasteiger partial charge in [-0.2, -0.15) is 0 Å². The zero-order valence-corrected chi connectivity index (χ0v) is 14.5. The second-order valence-electron chi connectivity index (χ2n) is 5.30. The molecule has 0 fully saturated rings. The Hall–Kier alpha value is -1.42. The lowest BCUT2D eigenvalue weighted by molar-refractivity contribution is 0.282. The maximum absolute atomic E-state index is 5.94. The van der Waals surface area contributed by atoms with Crippen LogP contribution in [0, 0.1) is 0 Å². The minimum Gasteiger partial charge on any atom is -0.493 e. The molecule has 0 spiro atoms. The number of rotatable bonds is 12. The fourth-order valence-corrected chi connectivity index (χ4v) is 2.08. The Labute approximate surface area is 135 Å². The van der Waals surface area contributed by atoms with E-state index >= 15 is 0 Å². The van der Waals surface area contributed by atoms with Crippen molar-refractivity contribution in [2.45, 2.75) is 46.5 Å². The molecule has 1 aromatic rings. The highest BCUT2D eigenvalue weighted by atomic mass is 16.5. The van der Waals surface area contributed by atoms with Crippen molar-refractivity contribution in [3.63, 3.8) is 0 Å². The van der Waals surface area contributed by atoms with Crippen LogP contribution in [-0.4, -0.2) is 33.4 Å². The summed E-state index contributed by atoms with van der Waals surface area (Å²) in [6.45, 7) is 9.33. The summed E-state index contributed by atoms with van der Waals surface area (Å²) in [5.74, 6) is 2.60. The van der Waals surface area contributed by atoms with Gasteiger partial charge in [-0.05, 0) is 39.3 Å². The minimum atomic E-state index is 0.705. The molecule has 22 heavy (non-hydrogen) atoms. The number of nitrogens with one attached hydrogen (secondary N) is 1. The summed E-state index contributed by atoms with van der Waals surface area (Å²) in [7, 11) is 1.96. The summed E-state index contributed by atoms with van der Waals surface area (Å²) < 4.78 is 17.7. The van der Waals surface area contributed by atoms with E-state index in [9.17, 15) is 0 Å². The van der Waals surface area contributed by atoms with Crippen LogP contribution in [0.3, 0.4) is 0 Å². The molecule has 0 amide bonds. The molecule has 0 saturated heterocycles. The molecule has 4 nitrogen and oxygen atoms in total. The number of hydrogen-bond acceptors (Lipinski definition) is 4. The lowest BCUT2D eigenvalue weighted by atomic mass is 10.1. The molecule has 0 aromatic heterocycles. The average molecular weight is 309 g/mol. The molecule has 1 aromatic carbocycles. The van der Waals surface area contributed by atoms with Crippen molar-refractivity contribution < 1.29 is 14.2 Å². The smallest absolute Gasteiger partial charge is 0.129 e. The first kappa shape index (κ1) is 18.6. The quantitative estimate of drug-likeness (QED) is 0.637. The van der Waals surface area contributed by atoms with Crippen LogP contribution >= 0.6 is 0 Å². The monoisotopic (exact) mass is 309 g/mol. The van der Waals surface area contributed by atoms with E-state index in [0.717, 1.165) is 55.0 Å². The van der Waals surface area contributed by atoms with Crippen molar-refractivity contribution in [2.75, 3.05) is 33.4 Å². The van der Waals surface area contributed by atoms with E-state index in [2.05, 4.69) is 26.1 Å². The van der Waals surface area contributed by atoms with E-state index in [1.54, 1.807) is 0 Å². The molecular weight excluding hydrogens is 278 g/mol. The van der Waals surface area contributed by atoms with Gasteiger partial charge in [0.1, 0.15) is 17.2 Å². The Morgan fingerprint density at radius 3 is 1.77 bits per heavy atom. The number of hydrogen-bond donors (Lipinski definition) is 1. The Morgan fingerprint density at radius 2 is 1.32 bits per heavy atom. The molecule has 0 bridgehead atoms. The Morgan fingerprint density at radius 1 is 0.818 bits per heavy atom. The van der Waals surface area contributed by atoms with E-state index in [4.69, 9.17) is 14.2 Å². The number of ether oxygens (including phenoxy) is 3. The van der Waals surface area contributed by atoms with Gasteiger partial charge in [0.05, 0.1) is 19.8 Å². The SMILES string of the molecule is CCCOc1cc(OCCC)c(CCNC)c(OCCC)c1. The van der Waals surface area contributed by atoms with Crippen LogP contribution in [0.5, 0.6) is 17.2 Å². The van der Waals surface area contributed by atoms with Crippen molar-refractivity contribution in [1.82, 2.24) is 5.32 Å². The Bertz CT molecular complexity index is 392. The van der Waals surface area contributed by atoms with Crippen LogP contribution in [0.1, 0.15) is 45.6 Å². The summed E-state index contributed by atoms with van der Waals surface area (Å²) >= 11 is 0. The predicted octanol–water partition coefficient (Wildman–Crippen LogP) is 3.81. The van der Waals surface area contributed by atoms with Gasteiger partial charge in [-0.25, -0.2) is 0 Å². The first-order valence-electron chi connectivity index (χ1n) is 8.46. The molecule has 126 valence electrons. The van der Waals surface area contributed by atoms with Crippen LogP contribution in [-0.2, 0) is 6.42 Å². The highest BCUT2D eigenvalue weighted by Crippen LogP contribution is 2.35. The van der Waals surface area contributed by atoms with Crippen LogP contribution in [0.25, 0.3) is 0 Å². The molecule has 0 saturated carbocycles. The predicted molar refractivity (Wildman–Crippen MR) is 91.4 cm³/mol. The lowest BCUT2D eigenvalue weighted by Gasteiger charge is -2.18. The maximum Gasteiger partial charge on any atom is 0.129 e. The summed E-state index contributed by atoms with van der Waals surface area (Å²) in [5, 5.41) is 3.19. The zero-order valence-electron chi connectivity index (χ0n) is 14.5. The van der Waals surface area contributed by atoms with Crippen LogP contribution in [0.15, 0.2) is 12.1 Å². The normalized spacial score (nSPS) is 10.5. The minimum absolute atomic E-state index is 0.705. The fourth-order valence-electron chi connectivity index (χ4n) is 2.08. The molecule has 0 aliphatic carbocycles. The van der Waals surface area contributed by atoms with Gasteiger partial charge in [-0.3, -0.25) is 0 Å². The molecule has 0 unspecified atom stereocenters. The van der Waals surface area contributed by atoms with Gasteiger partial charge in [0.15, 0.2) is 0 Å². The van der Waals surface area contributed by atoms with Crippen molar-refractivity contribution in [2.24, 2.45) is 0 Å². The first-order chi connectivity index (χ1) is 10.8. The van der Waals surface area contributed by atoms with Crippen molar-refractivity contribution in [1.29, 1.82) is 0 Å². The zero-order chi connectivity index (χ0) is 16.2. The standard InChI is InChI=1S/C18H31NO3/c1-5-10-20-15-13-17(21-11-6-2)16(8-9-19-4)18(14-15)22-12-7-3/h13-14,19H,5-12H2,1-4H3. The van der Waals surface area contributed by atoms with Crippen molar-refractivity contribution in [3.8, 4) is 17.2 Å². The molecule has 0 atom stereocenters. The van der Waals surface area contributed by atoms with E-state index in [1.807, 2.05) is 19.2 Å². The van der Waals surface area contributed by atoms with Gasteiger partial charge >= 0.3 is 0 Å². The van der Waals surface area contributed by atoms with Gasteiger partial charge in [-0.1, -0.05) is 20.8 Å². The van der Waals surface area contributed by atoms with Gasteiger partial charge in [-0.15, -0.1) is 0 Å². The average Bonchev–Trinajstić information content (AvgIpc) is 2.54. The second-order valence-corrected chi connectivity index (χ2v) is 5.30. The molecule has 0 radical (unpaired) electrons. The third-order valence-electron chi connectivity index (χ3n) is 3.16. The van der Waals surface area contributed by atoms with Crippen LogP contribution in [0.2, 0.25) is 0 Å². The summed E-state index contributed by atoms with van der Waals surface area (Å²) in [5.41, 5.74) is 1.13. The second kappa shape index (κ2) is 11.2. The van der Waals surface area contributed by atoms with Gasteiger partial charge in [0.2, 0.25) is 0 Å². The third kappa shape index (κ3) is 6.14. The molecule has 0 heterocycles. The maximum atomic E-state index is 5.94. The largest absolute Gasteiger partial charge is 0.493 e. The number of benzene rings is 1. The van der Waals surface area contributed by atoms with E-state index in [-0.39, 0.29) is 0 Å². The lowest BCUT2D eigenvalue weighted by Crippen LogP contribution is -2.13. The molecule has 4 heteroatoms. The molecule has 0 aliphatic heterocycles. The highest BCUT2D eigenvalue weighted by Gasteiger charge is 2.14. The Kier molecular flexibility index (Phi) is 9.47. The molecule has 1 N–H and O–H groups in total.